The van der Waals surface area contributed by atoms with Gasteiger partial charge < -0.3 is 15.2 Å². The summed E-state index contributed by atoms with van der Waals surface area (Å²) in [4.78, 5) is 0. The van der Waals surface area contributed by atoms with Gasteiger partial charge in [-0.25, -0.2) is 8.42 Å². The minimum atomic E-state index is -2.86. The molecule has 0 rings (SSSR count). The van der Waals surface area contributed by atoms with E-state index in [-0.39, 0.29) is 5.75 Å². The van der Waals surface area contributed by atoms with Gasteiger partial charge in [0.1, 0.15) is 9.84 Å². The van der Waals surface area contributed by atoms with Crippen LogP contribution in [0.3, 0.4) is 0 Å². The van der Waals surface area contributed by atoms with Crippen LogP contribution in [0.25, 0.3) is 0 Å². The number of ether oxygens (including phenoxy) is 1. The summed E-state index contributed by atoms with van der Waals surface area (Å²) in [7, 11) is -1.34. The predicted octanol–water partition coefficient (Wildman–Crippen LogP) is -0.982. The molecular weight excluding hydrogens is 206 g/mol. The molecule has 0 saturated carbocycles. The minimum Gasteiger partial charge on any atom is -0.389 e. The van der Waals surface area contributed by atoms with Crippen molar-refractivity contribution in [2.75, 3.05) is 38.8 Å². The van der Waals surface area contributed by atoms with E-state index < -0.39 is 15.9 Å². The van der Waals surface area contributed by atoms with E-state index in [9.17, 15) is 13.5 Å². The first-order chi connectivity index (χ1) is 6.45. The average Bonchev–Trinajstić information content (AvgIpc) is 2.02. The molecule has 0 aliphatic carbocycles. The lowest BCUT2D eigenvalue weighted by molar-refractivity contribution is 0.0647. The van der Waals surface area contributed by atoms with Crippen molar-refractivity contribution in [1.29, 1.82) is 0 Å². The van der Waals surface area contributed by atoms with E-state index >= 15 is 0 Å². The van der Waals surface area contributed by atoms with Crippen LogP contribution in [0.2, 0.25) is 0 Å². The molecule has 0 aromatic rings. The smallest absolute Gasteiger partial charge is 0.147 e. The van der Waals surface area contributed by atoms with E-state index in [1.54, 1.807) is 0 Å². The zero-order chi connectivity index (χ0) is 11.0. The third kappa shape index (κ3) is 9.91. The van der Waals surface area contributed by atoms with Crippen LogP contribution in [0.4, 0.5) is 0 Å². The molecule has 0 amide bonds. The molecule has 0 spiro atoms. The fourth-order valence-corrected chi connectivity index (χ4v) is 1.65. The second-order valence-corrected chi connectivity index (χ2v) is 5.56. The second kappa shape index (κ2) is 7.17. The summed E-state index contributed by atoms with van der Waals surface area (Å²) >= 11 is 0. The van der Waals surface area contributed by atoms with Crippen molar-refractivity contribution >= 4 is 9.84 Å². The van der Waals surface area contributed by atoms with Crippen molar-refractivity contribution in [1.82, 2.24) is 5.32 Å². The summed E-state index contributed by atoms with van der Waals surface area (Å²) in [5.74, 6) is 0.181. The maximum atomic E-state index is 10.7. The molecule has 0 aliphatic rings. The molecular formula is C8H19NO4S. The molecule has 2 N–H and O–H groups in total. The molecule has 0 aromatic carbocycles. The number of aliphatic hydroxyl groups excluding tert-OH is 1. The lowest BCUT2D eigenvalue weighted by atomic mass is 10.3. The topological polar surface area (TPSA) is 75.6 Å². The lowest BCUT2D eigenvalue weighted by Gasteiger charge is -2.09. The van der Waals surface area contributed by atoms with Crippen molar-refractivity contribution in [3.63, 3.8) is 0 Å². The van der Waals surface area contributed by atoms with Gasteiger partial charge >= 0.3 is 0 Å². The van der Waals surface area contributed by atoms with Gasteiger partial charge in [0.2, 0.25) is 0 Å². The zero-order valence-electron chi connectivity index (χ0n) is 8.69. The van der Waals surface area contributed by atoms with Gasteiger partial charge in [0, 0.05) is 19.9 Å². The highest BCUT2D eigenvalue weighted by atomic mass is 32.2. The van der Waals surface area contributed by atoms with E-state index in [1.165, 1.54) is 13.4 Å². The van der Waals surface area contributed by atoms with E-state index in [1.807, 2.05) is 0 Å². The van der Waals surface area contributed by atoms with Crippen molar-refractivity contribution in [2.45, 2.75) is 12.5 Å². The number of rotatable bonds is 8. The predicted molar refractivity (Wildman–Crippen MR) is 55.1 cm³/mol. The third-order valence-corrected chi connectivity index (χ3v) is 2.64. The number of hydrogen-bond donors (Lipinski definition) is 2. The molecule has 1 atom stereocenters. The van der Waals surface area contributed by atoms with Gasteiger partial charge in [0.25, 0.3) is 0 Å². The van der Waals surface area contributed by atoms with Gasteiger partial charge in [-0.2, -0.15) is 0 Å². The molecule has 0 bridgehead atoms. The van der Waals surface area contributed by atoms with Crippen molar-refractivity contribution in [2.24, 2.45) is 0 Å². The molecule has 0 radical (unpaired) electrons. The monoisotopic (exact) mass is 225 g/mol. The third-order valence-electron chi connectivity index (χ3n) is 1.61. The van der Waals surface area contributed by atoms with E-state index in [0.29, 0.717) is 26.1 Å². The Morgan fingerprint density at radius 1 is 1.50 bits per heavy atom. The normalized spacial score (nSPS) is 14.2. The van der Waals surface area contributed by atoms with Gasteiger partial charge in [-0.15, -0.1) is 0 Å². The van der Waals surface area contributed by atoms with Crippen LogP contribution in [0.5, 0.6) is 0 Å². The summed E-state index contributed by atoms with van der Waals surface area (Å²) in [6.45, 7) is 1.31. The molecule has 14 heavy (non-hydrogen) atoms. The fourth-order valence-electron chi connectivity index (χ4n) is 0.979. The van der Waals surface area contributed by atoms with Crippen LogP contribution in [-0.2, 0) is 14.6 Å². The van der Waals surface area contributed by atoms with E-state index in [0.717, 1.165) is 0 Å². The Bertz CT molecular complexity index is 227. The SMILES string of the molecule is COCC(O)CNCCCS(C)(=O)=O. The van der Waals surface area contributed by atoms with Crippen molar-refractivity contribution in [3.05, 3.63) is 0 Å². The van der Waals surface area contributed by atoms with Crippen LogP contribution in [0.1, 0.15) is 6.42 Å². The molecule has 0 aliphatic heterocycles. The first-order valence-electron chi connectivity index (χ1n) is 4.51. The standard InChI is InChI=1S/C8H19NO4S/c1-13-7-8(10)6-9-4-3-5-14(2,11)12/h8-10H,3-7H2,1-2H3. The van der Waals surface area contributed by atoms with E-state index in [4.69, 9.17) is 4.74 Å². The fraction of sp³-hybridized carbons (Fsp3) is 1.00. The van der Waals surface area contributed by atoms with Crippen molar-refractivity contribution in [3.8, 4) is 0 Å². The summed E-state index contributed by atoms with van der Waals surface area (Å²) in [5, 5.41) is 12.2. The summed E-state index contributed by atoms with van der Waals surface area (Å²) in [5.41, 5.74) is 0. The van der Waals surface area contributed by atoms with Gasteiger partial charge in [0.05, 0.1) is 18.5 Å². The number of methoxy groups -OCH3 is 1. The quantitative estimate of drug-likeness (QED) is 0.519. The first-order valence-corrected chi connectivity index (χ1v) is 6.57. The highest BCUT2D eigenvalue weighted by Crippen LogP contribution is 1.87. The molecule has 6 heteroatoms. The maximum Gasteiger partial charge on any atom is 0.147 e. The largest absolute Gasteiger partial charge is 0.389 e. The van der Waals surface area contributed by atoms with Crippen LogP contribution in [0, 0.1) is 0 Å². The van der Waals surface area contributed by atoms with Gasteiger partial charge in [0.15, 0.2) is 0 Å². The Kier molecular flexibility index (Phi) is 7.08. The van der Waals surface area contributed by atoms with Crippen molar-refractivity contribution < 1.29 is 18.3 Å². The molecule has 0 fully saturated rings. The minimum absolute atomic E-state index is 0.181. The highest BCUT2D eigenvalue weighted by molar-refractivity contribution is 7.90. The summed E-state index contributed by atoms with van der Waals surface area (Å²) < 4.78 is 26.2. The Morgan fingerprint density at radius 2 is 2.14 bits per heavy atom. The van der Waals surface area contributed by atoms with Gasteiger partial charge in [-0.1, -0.05) is 0 Å². The lowest BCUT2D eigenvalue weighted by Crippen LogP contribution is -2.31. The highest BCUT2D eigenvalue weighted by Gasteiger charge is 2.03. The summed E-state index contributed by atoms with van der Waals surface area (Å²) in [6, 6.07) is 0. The number of sulfone groups is 1. The van der Waals surface area contributed by atoms with Crippen LogP contribution in [0.15, 0.2) is 0 Å². The first kappa shape index (κ1) is 13.8. The Morgan fingerprint density at radius 3 is 2.64 bits per heavy atom. The Hall–Kier alpha value is -0.170. The second-order valence-electron chi connectivity index (χ2n) is 3.30. The van der Waals surface area contributed by atoms with Crippen LogP contribution >= 0.6 is 0 Å². The molecule has 0 saturated heterocycles. The van der Waals surface area contributed by atoms with E-state index in [2.05, 4.69) is 5.32 Å². The molecule has 86 valence electrons. The molecule has 0 aromatic heterocycles. The number of hydrogen-bond acceptors (Lipinski definition) is 5. The molecule has 0 heterocycles. The molecule has 1 unspecified atom stereocenters. The zero-order valence-corrected chi connectivity index (χ0v) is 9.51. The number of nitrogens with one attached hydrogen (secondary N) is 1. The van der Waals surface area contributed by atoms with Gasteiger partial charge in [-0.05, 0) is 13.0 Å². The summed E-state index contributed by atoms with van der Waals surface area (Å²) in [6.07, 6.45) is 1.25. The maximum absolute atomic E-state index is 10.7. The molecule has 5 nitrogen and oxygen atoms in total. The van der Waals surface area contributed by atoms with Gasteiger partial charge in [-0.3, -0.25) is 0 Å². The Labute approximate surface area is 85.4 Å². The van der Waals surface area contributed by atoms with Crippen LogP contribution in [-0.4, -0.2) is 58.4 Å². The number of aliphatic hydroxyl groups is 1. The van der Waals surface area contributed by atoms with Crippen LogP contribution < -0.4 is 5.32 Å². The average molecular weight is 225 g/mol. The Balaban J connectivity index is 3.30.